The highest BCUT2D eigenvalue weighted by Crippen LogP contribution is 2.32. The summed E-state index contributed by atoms with van der Waals surface area (Å²) in [5, 5.41) is 0. The van der Waals surface area contributed by atoms with Crippen LogP contribution in [0.25, 0.3) is 11.1 Å². The van der Waals surface area contributed by atoms with Crippen LogP contribution in [0.15, 0.2) is 36.7 Å². The van der Waals surface area contributed by atoms with Gasteiger partial charge in [0, 0.05) is 37.3 Å². The Bertz CT molecular complexity index is 706. The fourth-order valence-corrected chi connectivity index (χ4v) is 3.74. The monoisotopic (exact) mass is 309 g/mol. The summed E-state index contributed by atoms with van der Waals surface area (Å²) in [4.78, 5) is 6.83. The van der Waals surface area contributed by atoms with E-state index in [-0.39, 0.29) is 6.04 Å². The number of anilines is 1. The molecular weight excluding hydrogens is 286 g/mol. The molecule has 2 atom stereocenters. The van der Waals surface area contributed by atoms with Gasteiger partial charge in [-0.25, -0.2) is 0 Å². The first-order chi connectivity index (χ1) is 11.2. The van der Waals surface area contributed by atoms with Crippen LogP contribution in [0, 0.1) is 5.92 Å². The van der Waals surface area contributed by atoms with Crippen molar-refractivity contribution in [2.75, 3.05) is 24.6 Å². The molecule has 0 bridgehead atoms. The van der Waals surface area contributed by atoms with Gasteiger partial charge in [-0.1, -0.05) is 13.0 Å². The number of fused-ring (bicyclic) bond motifs is 1. The SMILES string of the molecule is CC1CC(N)CN(c2cncc(-c3ccc4c(c3)CCO4)c2)C1. The van der Waals surface area contributed by atoms with Crippen LogP contribution in [0.1, 0.15) is 18.9 Å². The maximum Gasteiger partial charge on any atom is 0.122 e. The van der Waals surface area contributed by atoms with E-state index in [0.29, 0.717) is 5.92 Å². The van der Waals surface area contributed by atoms with Crippen molar-refractivity contribution in [2.24, 2.45) is 11.7 Å². The first-order valence-corrected chi connectivity index (χ1v) is 8.41. The van der Waals surface area contributed by atoms with Crippen molar-refractivity contribution in [3.8, 4) is 16.9 Å². The number of ether oxygens (including phenoxy) is 1. The zero-order valence-corrected chi connectivity index (χ0v) is 13.5. The molecule has 4 rings (SSSR count). The lowest BCUT2D eigenvalue weighted by atomic mass is 9.96. The highest BCUT2D eigenvalue weighted by Gasteiger charge is 2.23. The topological polar surface area (TPSA) is 51.4 Å². The maximum atomic E-state index is 6.19. The van der Waals surface area contributed by atoms with Crippen LogP contribution in [0.4, 0.5) is 5.69 Å². The molecule has 0 amide bonds. The quantitative estimate of drug-likeness (QED) is 0.927. The van der Waals surface area contributed by atoms with Gasteiger partial charge in [0.15, 0.2) is 0 Å². The molecule has 2 aliphatic heterocycles. The standard InChI is InChI=1S/C19H23N3O/c1-13-6-17(20)12-22(11-13)18-8-16(9-21-10-18)14-2-3-19-15(7-14)4-5-23-19/h2-3,7-10,13,17H,4-6,11-12,20H2,1H3. The summed E-state index contributed by atoms with van der Waals surface area (Å²) in [7, 11) is 0. The zero-order chi connectivity index (χ0) is 15.8. The van der Waals surface area contributed by atoms with Gasteiger partial charge in [-0.3, -0.25) is 4.98 Å². The minimum atomic E-state index is 0.250. The van der Waals surface area contributed by atoms with E-state index < -0.39 is 0 Å². The molecule has 1 saturated heterocycles. The lowest BCUT2D eigenvalue weighted by molar-refractivity contribution is 0.357. The summed E-state index contributed by atoms with van der Waals surface area (Å²) >= 11 is 0. The fraction of sp³-hybridized carbons (Fsp3) is 0.421. The number of hydrogen-bond donors (Lipinski definition) is 1. The Kier molecular flexibility index (Phi) is 3.69. The summed E-state index contributed by atoms with van der Waals surface area (Å²) in [5.74, 6) is 1.65. The fourth-order valence-electron chi connectivity index (χ4n) is 3.74. The van der Waals surface area contributed by atoms with E-state index in [2.05, 4.69) is 41.1 Å². The Balaban J connectivity index is 1.63. The second kappa shape index (κ2) is 5.85. The zero-order valence-electron chi connectivity index (χ0n) is 13.5. The average molecular weight is 309 g/mol. The van der Waals surface area contributed by atoms with Crippen LogP contribution < -0.4 is 15.4 Å². The van der Waals surface area contributed by atoms with E-state index >= 15 is 0 Å². The maximum absolute atomic E-state index is 6.19. The Morgan fingerprint density at radius 3 is 2.96 bits per heavy atom. The van der Waals surface area contributed by atoms with E-state index in [1.54, 1.807) is 0 Å². The summed E-state index contributed by atoms with van der Waals surface area (Å²) < 4.78 is 5.59. The Labute approximate surface area is 137 Å². The van der Waals surface area contributed by atoms with Crippen molar-refractivity contribution in [3.63, 3.8) is 0 Å². The molecule has 0 aliphatic carbocycles. The molecule has 0 radical (unpaired) electrons. The van der Waals surface area contributed by atoms with Crippen LogP contribution in [0.3, 0.4) is 0 Å². The minimum absolute atomic E-state index is 0.250. The van der Waals surface area contributed by atoms with Gasteiger partial charge in [0.25, 0.3) is 0 Å². The number of rotatable bonds is 2. The van der Waals surface area contributed by atoms with E-state index in [4.69, 9.17) is 10.5 Å². The molecule has 3 heterocycles. The molecule has 0 spiro atoms. The van der Waals surface area contributed by atoms with Crippen molar-refractivity contribution in [1.29, 1.82) is 0 Å². The Morgan fingerprint density at radius 2 is 2.09 bits per heavy atom. The molecule has 2 N–H and O–H groups in total. The average Bonchev–Trinajstić information content (AvgIpc) is 3.01. The third kappa shape index (κ3) is 2.91. The summed E-state index contributed by atoms with van der Waals surface area (Å²) in [5.41, 5.74) is 11.0. The second-order valence-corrected chi connectivity index (χ2v) is 6.86. The molecule has 4 heteroatoms. The Morgan fingerprint density at radius 1 is 1.17 bits per heavy atom. The Hall–Kier alpha value is -2.07. The molecular formula is C19H23N3O. The van der Waals surface area contributed by atoms with E-state index in [9.17, 15) is 0 Å². The van der Waals surface area contributed by atoms with Crippen LogP contribution in [-0.4, -0.2) is 30.7 Å². The smallest absolute Gasteiger partial charge is 0.122 e. The van der Waals surface area contributed by atoms with E-state index in [1.165, 1.54) is 16.8 Å². The van der Waals surface area contributed by atoms with Crippen LogP contribution >= 0.6 is 0 Å². The summed E-state index contributed by atoms with van der Waals surface area (Å²) in [6.45, 7) is 5.02. The van der Waals surface area contributed by atoms with Crippen LogP contribution in [0.2, 0.25) is 0 Å². The molecule has 0 saturated carbocycles. The molecule has 1 aromatic carbocycles. The first kappa shape index (κ1) is 14.5. The number of piperidine rings is 1. The number of nitrogens with zero attached hydrogens (tertiary/aromatic N) is 2. The molecule has 2 unspecified atom stereocenters. The first-order valence-electron chi connectivity index (χ1n) is 8.41. The van der Waals surface area contributed by atoms with Gasteiger partial charge in [0.2, 0.25) is 0 Å². The molecule has 1 aromatic heterocycles. The third-order valence-electron chi connectivity index (χ3n) is 4.80. The molecule has 120 valence electrons. The highest BCUT2D eigenvalue weighted by molar-refractivity contribution is 5.69. The van der Waals surface area contributed by atoms with Gasteiger partial charge >= 0.3 is 0 Å². The highest BCUT2D eigenvalue weighted by atomic mass is 16.5. The molecule has 2 aromatic rings. The van der Waals surface area contributed by atoms with Crippen molar-refractivity contribution in [2.45, 2.75) is 25.8 Å². The molecule has 23 heavy (non-hydrogen) atoms. The van der Waals surface area contributed by atoms with Gasteiger partial charge in [-0.2, -0.15) is 0 Å². The van der Waals surface area contributed by atoms with Gasteiger partial charge < -0.3 is 15.4 Å². The number of hydrogen-bond acceptors (Lipinski definition) is 4. The minimum Gasteiger partial charge on any atom is -0.493 e. The predicted octanol–water partition coefficient (Wildman–Crippen LogP) is 2.86. The van der Waals surface area contributed by atoms with Gasteiger partial charge in [-0.05, 0) is 41.7 Å². The van der Waals surface area contributed by atoms with Crippen LogP contribution in [0.5, 0.6) is 5.75 Å². The summed E-state index contributed by atoms with van der Waals surface area (Å²) in [6.07, 6.45) is 5.99. The lowest BCUT2D eigenvalue weighted by Gasteiger charge is -2.36. The van der Waals surface area contributed by atoms with E-state index in [1.807, 2.05) is 12.4 Å². The van der Waals surface area contributed by atoms with E-state index in [0.717, 1.165) is 43.9 Å². The lowest BCUT2D eigenvalue weighted by Crippen LogP contribution is -2.46. The number of nitrogens with two attached hydrogens (primary N) is 1. The van der Waals surface area contributed by atoms with Gasteiger partial charge in [-0.15, -0.1) is 0 Å². The molecule has 1 fully saturated rings. The van der Waals surface area contributed by atoms with Crippen molar-refractivity contribution in [1.82, 2.24) is 4.98 Å². The number of benzene rings is 1. The third-order valence-corrected chi connectivity index (χ3v) is 4.80. The van der Waals surface area contributed by atoms with Gasteiger partial charge in [0.05, 0.1) is 18.5 Å². The van der Waals surface area contributed by atoms with Crippen LogP contribution in [-0.2, 0) is 6.42 Å². The predicted molar refractivity (Wildman–Crippen MR) is 92.8 cm³/mol. The van der Waals surface area contributed by atoms with Crippen molar-refractivity contribution in [3.05, 3.63) is 42.2 Å². The molecule has 4 nitrogen and oxygen atoms in total. The molecule has 2 aliphatic rings. The number of aromatic nitrogens is 1. The second-order valence-electron chi connectivity index (χ2n) is 6.86. The largest absolute Gasteiger partial charge is 0.493 e. The van der Waals surface area contributed by atoms with Gasteiger partial charge in [0.1, 0.15) is 5.75 Å². The number of pyridine rings is 1. The summed E-state index contributed by atoms with van der Waals surface area (Å²) in [6, 6.07) is 8.90. The van der Waals surface area contributed by atoms with Crippen molar-refractivity contribution >= 4 is 5.69 Å². The normalized spacial score (nSPS) is 23.5. The van der Waals surface area contributed by atoms with Crippen molar-refractivity contribution < 1.29 is 4.74 Å².